The molecular weight excluding hydrogens is 262 g/mol. The molecule has 116 valence electrons. The minimum absolute atomic E-state index is 0.288. The first-order valence-electron chi connectivity index (χ1n) is 6.82. The highest BCUT2D eigenvalue weighted by Gasteiger charge is 2.30. The largest absolute Gasteiger partial charge is 0.444 e. The van der Waals surface area contributed by atoms with Gasteiger partial charge in [-0.05, 0) is 27.7 Å². The zero-order valence-corrected chi connectivity index (χ0v) is 12.6. The zero-order valence-electron chi connectivity index (χ0n) is 12.6. The first-order valence-corrected chi connectivity index (χ1v) is 6.82. The van der Waals surface area contributed by atoms with Gasteiger partial charge in [0.15, 0.2) is 0 Å². The van der Waals surface area contributed by atoms with Gasteiger partial charge in [0.05, 0.1) is 6.10 Å². The average molecular weight is 287 g/mol. The van der Waals surface area contributed by atoms with Crippen LogP contribution in [0.2, 0.25) is 0 Å². The Labute approximate surface area is 119 Å². The van der Waals surface area contributed by atoms with Gasteiger partial charge in [0, 0.05) is 26.2 Å². The highest BCUT2D eigenvalue weighted by Crippen LogP contribution is 2.12. The van der Waals surface area contributed by atoms with Crippen molar-refractivity contribution in [3.8, 4) is 0 Å². The van der Waals surface area contributed by atoms with Crippen molar-refractivity contribution >= 4 is 12.0 Å². The lowest BCUT2D eigenvalue weighted by Crippen LogP contribution is -2.56. The molecule has 0 aliphatic carbocycles. The van der Waals surface area contributed by atoms with E-state index in [0.29, 0.717) is 26.2 Å². The van der Waals surface area contributed by atoms with E-state index >= 15 is 0 Å². The Kier molecular flexibility index (Phi) is 5.35. The van der Waals surface area contributed by atoms with Gasteiger partial charge in [-0.1, -0.05) is 0 Å². The second kappa shape index (κ2) is 6.41. The van der Waals surface area contributed by atoms with E-state index in [0.717, 1.165) is 0 Å². The van der Waals surface area contributed by atoms with Gasteiger partial charge >= 0.3 is 6.09 Å². The fraction of sp³-hybridized carbons (Fsp3) is 0.846. The molecule has 1 fully saturated rings. The first kappa shape index (κ1) is 16.7. The van der Waals surface area contributed by atoms with E-state index in [4.69, 9.17) is 10.5 Å². The van der Waals surface area contributed by atoms with Crippen molar-refractivity contribution in [2.45, 2.75) is 45.4 Å². The van der Waals surface area contributed by atoms with Crippen LogP contribution in [0.25, 0.3) is 0 Å². The molecule has 0 radical (unpaired) electrons. The Balaban J connectivity index is 2.48. The van der Waals surface area contributed by atoms with Gasteiger partial charge in [0.1, 0.15) is 11.6 Å². The quantitative estimate of drug-likeness (QED) is 0.731. The molecule has 1 rings (SSSR count). The summed E-state index contributed by atoms with van der Waals surface area (Å²) in [6.07, 6.45) is -1.25. The van der Waals surface area contributed by atoms with Crippen LogP contribution < -0.4 is 5.73 Å². The molecule has 0 aromatic rings. The van der Waals surface area contributed by atoms with Crippen molar-refractivity contribution in [2.75, 3.05) is 26.2 Å². The Morgan fingerprint density at radius 1 is 1.15 bits per heavy atom. The number of hydrogen-bond acceptors (Lipinski definition) is 5. The number of carbonyl (C=O) groups excluding carboxylic acids is 2. The van der Waals surface area contributed by atoms with E-state index in [2.05, 4.69) is 0 Å². The molecule has 7 heteroatoms. The Hall–Kier alpha value is -1.34. The lowest BCUT2D eigenvalue weighted by atomic mass is 10.1. The second-order valence-corrected chi connectivity index (χ2v) is 6.06. The van der Waals surface area contributed by atoms with Crippen molar-refractivity contribution < 1.29 is 19.4 Å². The summed E-state index contributed by atoms with van der Waals surface area (Å²) in [5.74, 6) is -0.288. The number of amides is 2. The van der Waals surface area contributed by atoms with E-state index < -0.39 is 17.7 Å². The monoisotopic (exact) mass is 287 g/mol. The van der Waals surface area contributed by atoms with Gasteiger partial charge < -0.3 is 25.4 Å². The third kappa shape index (κ3) is 4.64. The molecule has 0 aromatic heterocycles. The van der Waals surface area contributed by atoms with Crippen molar-refractivity contribution in [1.29, 1.82) is 0 Å². The molecule has 7 nitrogen and oxygen atoms in total. The molecule has 0 spiro atoms. The van der Waals surface area contributed by atoms with E-state index in [1.807, 2.05) is 20.8 Å². The van der Waals surface area contributed by atoms with E-state index in [9.17, 15) is 14.7 Å². The van der Waals surface area contributed by atoms with E-state index in [1.165, 1.54) is 6.92 Å². The average Bonchev–Trinajstić information content (AvgIpc) is 2.35. The van der Waals surface area contributed by atoms with Crippen LogP contribution in [0.5, 0.6) is 0 Å². The molecule has 2 atom stereocenters. The molecule has 1 aliphatic heterocycles. The van der Waals surface area contributed by atoms with Crippen molar-refractivity contribution in [1.82, 2.24) is 9.80 Å². The normalized spacial score (nSPS) is 19.5. The highest BCUT2D eigenvalue weighted by atomic mass is 16.6. The zero-order chi connectivity index (χ0) is 15.5. The summed E-state index contributed by atoms with van der Waals surface area (Å²) in [4.78, 5) is 27.0. The fourth-order valence-corrected chi connectivity index (χ4v) is 1.85. The number of hydrogen-bond donors (Lipinski definition) is 2. The molecule has 0 saturated carbocycles. The molecule has 0 unspecified atom stereocenters. The van der Waals surface area contributed by atoms with Crippen molar-refractivity contribution in [3.63, 3.8) is 0 Å². The third-order valence-electron chi connectivity index (χ3n) is 3.05. The number of aliphatic hydroxyl groups is 1. The minimum atomic E-state index is -0.914. The molecule has 3 N–H and O–H groups in total. The maximum Gasteiger partial charge on any atom is 0.410 e. The summed E-state index contributed by atoms with van der Waals surface area (Å²) in [5, 5.41) is 9.33. The first-order chi connectivity index (χ1) is 9.11. The molecule has 0 bridgehead atoms. The van der Waals surface area contributed by atoms with Crippen LogP contribution in [0.3, 0.4) is 0 Å². The maximum atomic E-state index is 12.0. The molecule has 0 aromatic carbocycles. The molecular formula is C13H25N3O4. The smallest absolute Gasteiger partial charge is 0.410 e. The Bertz CT molecular complexity index is 357. The van der Waals surface area contributed by atoms with Crippen LogP contribution in [0.4, 0.5) is 4.79 Å². The van der Waals surface area contributed by atoms with Gasteiger partial charge in [-0.2, -0.15) is 0 Å². The van der Waals surface area contributed by atoms with Gasteiger partial charge in [-0.25, -0.2) is 4.79 Å². The molecule has 20 heavy (non-hydrogen) atoms. The van der Waals surface area contributed by atoms with E-state index in [-0.39, 0.29) is 12.0 Å². The maximum absolute atomic E-state index is 12.0. The van der Waals surface area contributed by atoms with Crippen molar-refractivity contribution in [2.24, 2.45) is 5.73 Å². The number of aliphatic hydroxyl groups excluding tert-OH is 1. The van der Waals surface area contributed by atoms with Gasteiger partial charge in [0.2, 0.25) is 5.91 Å². The van der Waals surface area contributed by atoms with Crippen molar-refractivity contribution in [3.05, 3.63) is 0 Å². The predicted octanol–water partition coefficient (Wildman–Crippen LogP) is -0.226. The van der Waals surface area contributed by atoms with Gasteiger partial charge in [-0.3, -0.25) is 4.79 Å². The van der Waals surface area contributed by atoms with Crippen LogP contribution in [0.1, 0.15) is 27.7 Å². The number of nitrogens with zero attached hydrogens (tertiary/aromatic N) is 2. The topological polar surface area (TPSA) is 96.1 Å². The summed E-state index contributed by atoms with van der Waals surface area (Å²) in [5.41, 5.74) is 5.09. The second-order valence-electron chi connectivity index (χ2n) is 6.06. The molecule has 1 heterocycles. The number of carbonyl (C=O) groups is 2. The Morgan fingerprint density at radius 2 is 1.60 bits per heavy atom. The van der Waals surface area contributed by atoms with Crippen LogP contribution in [-0.2, 0) is 9.53 Å². The van der Waals surface area contributed by atoms with Crippen LogP contribution in [0.15, 0.2) is 0 Å². The molecule has 1 saturated heterocycles. The highest BCUT2D eigenvalue weighted by molar-refractivity contribution is 5.82. The summed E-state index contributed by atoms with van der Waals surface area (Å²) in [6.45, 7) is 8.54. The number of nitrogens with two attached hydrogens (primary N) is 1. The standard InChI is InChI=1S/C13H25N3O4/c1-9(17)10(14)11(18)15-5-7-16(8-6-15)12(19)20-13(2,3)4/h9-10,17H,5-8,14H2,1-4H3/t9-,10+/m0/s1. The third-order valence-corrected chi connectivity index (χ3v) is 3.05. The number of ether oxygens (including phenoxy) is 1. The Morgan fingerprint density at radius 3 is 2.00 bits per heavy atom. The van der Waals surface area contributed by atoms with Crippen LogP contribution >= 0.6 is 0 Å². The fourth-order valence-electron chi connectivity index (χ4n) is 1.85. The number of rotatable bonds is 2. The molecule has 1 aliphatic rings. The van der Waals surface area contributed by atoms with Crippen LogP contribution in [-0.4, -0.2) is 70.8 Å². The molecule has 2 amide bonds. The SMILES string of the molecule is C[C@H](O)[C@@H](N)C(=O)N1CCN(C(=O)OC(C)(C)C)CC1. The van der Waals surface area contributed by atoms with E-state index in [1.54, 1.807) is 9.80 Å². The van der Waals surface area contributed by atoms with Gasteiger partial charge in [-0.15, -0.1) is 0 Å². The minimum Gasteiger partial charge on any atom is -0.444 e. The van der Waals surface area contributed by atoms with Crippen LogP contribution in [0, 0.1) is 0 Å². The summed E-state index contributed by atoms with van der Waals surface area (Å²) >= 11 is 0. The lowest BCUT2D eigenvalue weighted by Gasteiger charge is -2.36. The number of piperazine rings is 1. The lowest BCUT2D eigenvalue weighted by molar-refractivity contribution is -0.136. The summed E-state index contributed by atoms with van der Waals surface area (Å²) in [7, 11) is 0. The summed E-state index contributed by atoms with van der Waals surface area (Å²) < 4.78 is 5.28. The predicted molar refractivity (Wildman–Crippen MR) is 74.0 cm³/mol. The summed E-state index contributed by atoms with van der Waals surface area (Å²) in [6, 6.07) is -0.914. The van der Waals surface area contributed by atoms with Gasteiger partial charge in [0.25, 0.3) is 0 Å².